The maximum absolute atomic E-state index is 12.7. The van der Waals surface area contributed by atoms with Gasteiger partial charge >= 0.3 is 6.18 Å². The maximum Gasteiger partial charge on any atom is 0.455 e. The summed E-state index contributed by atoms with van der Waals surface area (Å²) in [6, 6.07) is 25.4. The fourth-order valence-electron chi connectivity index (χ4n) is 5.25. The zero-order chi connectivity index (χ0) is 29.1. The first kappa shape index (κ1) is 27.5. The molecular weight excluding hydrogens is 543 g/mol. The molecule has 1 N–H and O–H groups in total. The second-order valence-electron chi connectivity index (χ2n) is 10.4. The molecule has 3 heterocycles. The molecule has 0 spiro atoms. The van der Waals surface area contributed by atoms with Gasteiger partial charge in [-0.1, -0.05) is 41.6 Å². The summed E-state index contributed by atoms with van der Waals surface area (Å²) in [7, 11) is 0. The molecule has 214 valence electrons. The number of nitriles is 1. The second kappa shape index (κ2) is 11.7. The zero-order valence-corrected chi connectivity index (χ0v) is 22.7. The summed E-state index contributed by atoms with van der Waals surface area (Å²) in [5.74, 6) is -0.570. The number of anilines is 1. The lowest BCUT2D eigenvalue weighted by Crippen LogP contribution is -2.40. The van der Waals surface area contributed by atoms with Gasteiger partial charge in [-0.25, -0.2) is 4.98 Å². The third-order valence-electron chi connectivity index (χ3n) is 7.60. The van der Waals surface area contributed by atoms with E-state index in [1.165, 1.54) is 0 Å². The number of benzene rings is 3. The lowest BCUT2D eigenvalue weighted by Gasteiger charge is -2.32. The first-order valence-corrected chi connectivity index (χ1v) is 13.8. The summed E-state index contributed by atoms with van der Waals surface area (Å²) in [5.41, 5.74) is 5.30. The normalized spacial score (nSPS) is 14.7. The molecule has 1 saturated heterocycles. The Labute approximate surface area is 240 Å². The molecular formula is C31H28F3N7O. The van der Waals surface area contributed by atoms with Crippen LogP contribution in [0.25, 0.3) is 22.5 Å². The van der Waals surface area contributed by atoms with Gasteiger partial charge in [0.1, 0.15) is 0 Å². The fraction of sp³-hybridized carbons (Fsp3) is 0.290. The summed E-state index contributed by atoms with van der Waals surface area (Å²) < 4.78 is 45.2. The van der Waals surface area contributed by atoms with Crippen LogP contribution in [0.2, 0.25) is 0 Å². The summed E-state index contributed by atoms with van der Waals surface area (Å²) in [4.78, 5) is 10.8. The van der Waals surface area contributed by atoms with E-state index in [9.17, 15) is 13.2 Å². The number of piperidine rings is 1. The van der Waals surface area contributed by atoms with Crippen molar-refractivity contribution in [3.05, 3.63) is 95.3 Å². The van der Waals surface area contributed by atoms with E-state index in [-0.39, 0.29) is 5.89 Å². The van der Waals surface area contributed by atoms with Crippen molar-refractivity contribution in [2.24, 2.45) is 0 Å². The molecule has 8 nitrogen and oxygen atoms in total. The van der Waals surface area contributed by atoms with Crippen LogP contribution in [0.4, 0.5) is 19.1 Å². The minimum Gasteiger partial charge on any atom is -0.353 e. The van der Waals surface area contributed by atoms with Crippen LogP contribution < -0.4 is 5.32 Å². The summed E-state index contributed by atoms with van der Waals surface area (Å²) in [5, 5.41) is 15.8. The quantitative estimate of drug-likeness (QED) is 0.239. The molecule has 1 aliphatic rings. The van der Waals surface area contributed by atoms with E-state index < -0.39 is 12.0 Å². The minimum atomic E-state index is -4.63. The molecule has 0 saturated carbocycles. The smallest absolute Gasteiger partial charge is 0.353 e. The van der Waals surface area contributed by atoms with Gasteiger partial charge in [0.25, 0.3) is 11.7 Å². The van der Waals surface area contributed by atoms with Crippen LogP contribution in [0.15, 0.2) is 77.3 Å². The fourth-order valence-corrected chi connectivity index (χ4v) is 5.25. The molecule has 0 atom stereocenters. The SMILES string of the molecule is N#Cc1ccc(Cn2c(NC3CCN(CCc4ccc(-c5nc(C(F)(F)F)no5)cc4)CC3)nc3ccccc32)cc1. The van der Waals surface area contributed by atoms with Gasteiger partial charge in [0.15, 0.2) is 0 Å². The van der Waals surface area contributed by atoms with Gasteiger partial charge in [0.2, 0.25) is 5.95 Å². The highest BCUT2D eigenvalue weighted by Crippen LogP contribution is 2.29. The number of aromatic nitrogens is 4. The molecule has 0 radical (unpaired) electrons. The maximum atomic E-state index is 12.7. The monoisotopic (exact) mass is 571 g/mol. The number of fused-ring (bicyclic) bond motifs is 1. The van der Waals surface area contributed by atoms with E-state index in [1.807, 2.05) is 54.6 Å². The lowest BCUT2D eigenvalue weighted by molar-refractivity contribution is -0.146. The molecule has 2 aromatic heterocycles. The third-order valence-corrected chi connectivity index (χ3v) is 7.60. The van der Waals surface area contributed by atoms with Crippen molar-refractivity contribution in [1.29, 1.82) is 5.26 Å². The van der Waals surface area contributed by atoms with Gasteiger partial charge in [-0.3, -0.25) is 0 Å². The number of nitrogens with zero attached hydrogens (tertiary/aromatic N) is 6. The van der Waals surface area contributed by atoms with E-state index in [0.717, 1.165) is 67.0 Å². The molecule has 11 heteroatoms. The molecule has 1 fully saturated rings. The van der Waals surface area contributed by atoms with Gasteiger partial charge in [-0.2, -0.15) is 23.4 Å². The van der Waals surface area contributed by atoms with Crippen LogP contribution in [0.1, 0.15) is 35.4 Å². The van der Waals surface area contributed by atoms with Gasteiger partial charge in [-0.05, 0) is 66.8 Å². The van der Waals surface area contributed by atoms with Crippen LogP contribution in [0.5, 0.6) is 0 Å². The summed E-state index contributed by atoms with van der Waals surface area (Å²) >= 11 is 0. The van der Waals surface area contributed by atoms with Crippen molar-refractivity contribution < 1.29 is 17.7 Å². The van der Waals surface area contributed by atoms with Crippen molar-refractivity contribution >= 4 is 17.0 Å². The van der Waals surface area contributed by atoms with Crippen molar-refractivity contribution in [1.82, 2.24) is 24.6 Å². The molecule has 0 amide bonds. The Bertz CT molecular complexity index is 1690. The average Bonchev–Trinajstić information content (AvgIpc) is 3.64. The number of alkyl halides is 3. The largest absolute Gasteiger partial charge is 0.455 e. The number of hydrogen-bond donors (Lipinski definition) is 1. The molecule has 3 aromatic carbocycles. The second-order valence-corrected chi connectivity index (χ2v) is 10.4. The standard InChI is InChI=1S/C31H28F3N7O/c32-31(33,34)29-38-28(42-39-29)24-11-9-21(10-12-24)13-16-40-17-14-25(15-18-40)36-30-37-26-3-1-2-4-27(26)41(30)20-23-7-5-22(19-35)6-8-23/h1-12,25H,13-18,20H2,(H,36,37). The van der Waals surface area contributed by atoms with Gasteiger partial charge < -0.3 is 19.3 Å². The Kier molecular flexibility index (Phi) is 7.63. The van der Waals surface area contributed by atoms with E-state index in [1.54, 1.807) is 12.1 Å². The van der Waals surface area contributed by atoms with Crippen LogP contribution in [-0.4, -0.2) is 50.3 Å². The van der Waals surface area contributed by atoms with Gasteiger partial charge in [0, 0.05) is 31.2 Å². The van der Waals surface area contributed by atoms with Crippen LogP contribution in [0, 0.1) is 11.3 Å². The van der Waals surface area contributed by atoms with Crippen LogP contribution >= 0.6 is 0 Å². The molecule has 42 heavy (non-hydrogen) atoms. The zero-order valence-electron chi connectivity index (χ0n) is 22.7. The van der Waals surface area contributed by atoms with Crippen molar-refractivity contribution in [3.8, 4) is 17.5 Å². The number of halogens is 3. The molecule has 5 aromatic rings. The Morgan fingerprint density at radius 3 is 2.33 bits per heavy atom. The molecule has 0 aliphatic carbocycles. The number of para-hydroxylation sites is 2. The van der Waals surface area contributed by atoms with Crippen molar-refractivity contribution in [2.75, 3.05) is 25.0 Å². The highest BCUT2D eigenvalue weighted by molar-refractivity contribution is 5.78. The van der Waals surface area contributed by atoms with E-state index in [4.69, 9.17) is 14.8 Å². The Hall–Kier alpha value is -4.69. The first-order chi connectivity index (χ1) is 20.4. The average molecular weight is 572 g/mol. The number of nitrogens with one attached hydrogen (secondary N) is 1. The van der Waals surface area contributed by atoms with E-state index >= 15 is 0 Å². The summed E-state index contributed by atoms with van der Waals surface area (Å²) in [6.07, 6.45) is -1.84. The highest BCUT2D eigenvalue weighted by Gasteiger charge is 2.37. The molecule has 0 unspecified atom stereocenters. The third kappa shape index (κ3) is 6.14. The molecule has 0 bridgehead atoms. The minimum absolute atomic E-state index is 0.145. The number of imidazole rings is 1. The number of likely N-dealkylation sites (tertiary alicyclic amines) is 1. The Morgan fingerprint density at radius 1 is 0.929 bits per heavy atom. The highest BCUT2D eigenvalue weighted by atomic mass is 19.4. The number of hydrogen-bond acceptors (Lipinski definition) is 7. The lowest BCUT2D eigenvalue weighted by atomic mass is 10.0. The van der Waals surface area contributed by atoms with Crippen molar-refractivity contribution in [3.63, 3.8) is 0 Å². The van der Waals surface area contributed by atoms with Crippen LogP contribution in [0.3, 0.4) is 0 Å². The molecule has 1 aliphatic heterocycles. The predicted octanol–water partition coefficient (Wildman–Crippen LogP) is 6.14. The molecule has 6 rings (SSSR count). The Balaban J connectivity index is 1.04. The Morgan fingerprint density at radius 2 is 1.64 bits per heavy atom. The topological polar surface area (TPSA) is 95.8 Å². The van der Waals surface area contributed by atoms with Gasteiger partial charge in [-0.15, -0.1) is 0 Å². The summed E-state index contributed by atoms with van der Waals surface area (Å²) in [6.45, 7) is 3.45. The van der Waals surface area contributed by atoms with Crippen molar-refractivity contribution in [2.45, 2.75) is 38.0 Å². The first-order valence-electron chi connectivity index (χ1n) is 13.8. The van der Waals surface area contributed by atoms with Gasteiger partial charge in [0.05, 0.1) is 29.2 Å². The number of rotatable bonds is 8. The van der Waals surface area contributed by atoms with E-state index in [2.05, 4.69) is 37.1 Å². The van der Waals surface area contributed by atoms with E-state index in [0.29, 0.717) is 23.7 Å². The van der Waals surface area contributed by atoms with Crippen LogP contribution in [-0.2, 0) is 19.1 Å². The predicted molar refractivity (Wildman–Crippen MR) is 152 cm³/mol.